The molecule has 2 aliphatic rings. The Balaban J connectivity index is 1.80. The number of hydrogen-bond acceptors (Lipinski definition) is 0. The van der Waals surface area contributed by atoms with E-state index in [1.807, 2.05) is 6.92 Å². The van der Waals surface area contributed by atoms with Crippen molar-refractivity contribution in [3.8, 4) is 0 Å². The minimum Gasteiger partial charge on any atom is -0.0961 e. The highest BCUT2D eigenvalue weighted by atomic mass is 14.4. The van der Waals surface area contributed by atoms with Crippen LogP contribution < -0.4 is 0 Å². The molecule has 3 rings (SSSR count). The zero-order valence-corrected chi connectivity index (χ0v) is 16.9. The third-order valence-corrected chi connectivity index (χ3v) is 6.23. The van der Waals surface area contributed by atoms with E-state index in [2.05, 4.69) is 77.6 Å². The van der Waals surface area contributed by atoms with Crippen LogP contribution in [0, 0.1) is 5.92 Å². The van der Waals surface area contributed by atoms with Crippen LogP contribution in [0.3, 0.4) is 0 Å². The van der Waals surface area contributed by atoms with E-state index in [1.165, 1.54) is 24.8 Å². The fraction of sp³-hybridized carbons (Fsp3) is 0.520. The second-order valence-electron chi connectivity index (χ2n) is 9.67. The largest absolute Gasteiger partial charge is 0.0961 e. The van der Waals surface area contributed by atoms with Gasteiger partial charge in [-0.3, -0.25) is 0 Å². The molecule has 2 atom stereocenters. The molecule has 1 fully saturated rings. The molecule has 0 nitrogen and oxygen atoms in total. The normalized spacial score (nSPS) is 27.2. The molecule has 25 heavy (non-hydrogen) atoms. The first kappa shape index (κ1) is 18.2. The average Bonchev–Trinajstić information content (AvgIpc) is 3.29. The van der Waals surface area contributed by atoms with E-state index < -0.39 is 0 Å². The zero-order chi connectivity index (χ0) is 18.4. The Morgan fingerprint density at radius 2 is 1.68 bits per heavy atom. The van der Waals surface area contributed by atoms with E-state index in [0.29, 0.717) is 22.7 Å². The third-order valence-electron chi connectivity index (χ3n) is 6.23. The summed E-state index contributed by atoms with van der Waals surface area (Å²) >= 11 is 0. The number of fused-ring (bicyclic) bond motifs is 1. The van der Waals surface area contributed by atoms with Crippen molar-refractivity contribution in [1.29, 1.82) is 0 Å². The summed E-state index contributed by atoms with van der Waals surface area (Å²) in [6.07, 6.45) is 10.7. The van der Waals surface area contributed by atoms with Crippen LogP contribution in [-0.4, -0.2) is 0 Å². The second kappa shape index (κ2) is 6.31. The first-order valence-electron chi connectivity index (χ1n) is 9.77. The van der Waals surface area contributed by atoms with Gasteiger partial charge in [0.25, 0.3) is 0 Å². The Morgan fingerprint density at radius 1 is 1.04 bits per heavy atom. The first-order chi connectivity index (χ1) is 11.6. The van der Waals surface area contributed by atoms with Gasteiger partial charge in [-0.1, -0.05) is 81.8 Å². The van der Waals surface area contributed by atoms with Crippen molar-refractivity contribution in [2.24, 2.45) is 5.92 Å². The minimum atomic E-state index is 0.307. The molecule has 0 bridgehead atoms. The van der Waals surface area contributed by atoms with E-state index in [9.17, 15) is 0 Å². The van der Waals surface area contributed by atoms with Crippen molar-refractivity contribution in [2.75, 3.05) is 0 Å². The van der Waals surface area contributed by atoms with E-state index in [-0.39, 0.29) is 0 Å². The van der Waals surface area contributed by atoms with E-state index >= 15 is 0 Å². The Morgan fingerprint density at radius 3 is 2.32 bits per heavy atom. The molecule has 0 spiro atoms. The van der Waals surface area contributed by atoms with Gasteiger partial charge in [-0.25, -0.2) is 0 Å². The molecule has 134 valence electrons. The van der Waals surface area contributed by atoms with Crippen LogP contribution in [0.1, 0.15) is 83.4 Å². The summed E-state index contributed by atoms with van der Waals surface area (Å²) in [4.78, 5) is 0. The topological polar surface area (TPSA) is 0 Å². The molecule has 1 aromatic carbocycles. The molecule has 0 heteroatoms. The summed E-state index contributed by atoms with van der Waals surface area (Å²) in [7, 11) is 0. The molecule has 1 aromatic rings. The molecular formula is C25H34. The Hall–Kier alpha value is -1.56. The highest BCUT2D eigenvalue weighted by Gasteiger charge is 2.40. The maximum atomic E-state index is 3.96. The third kappa shape index (κ3) is 3.84. The van der Waals surface area contributed by atoms with Crippen LogP contribution in [0.25, 0.3) is 0 Å². The van der Waals surface area contributed by atoms with Gasteiger partial charge in [-0.05, 0) is 72.5 Å². The summed E-state index contributed by atoms with van der Waals surface area (Å²) in [5.41, 5.74) is 7.74. The van der Waals surface area contributed by atoms with Gasteiger partial charge in [0.15, 0.2) is 0 Å². The summed E-state index contributed by atoms with van der Waals surface area (Å²) in [5.74, 6) is 1.41. The lowest BCUT2D eigenvalue weighted by molar-refractivity contribution is 0.331. The maximum absolute atomic E-state index is 3.96. The SMILES string of the molecule is C=C(C)/C=C(C)/C=C/C1CC1c1ccc2c(c1)C(C)(C)CCC2(C)C. The van der Waals surface area contributed by atoms with Crippen LogP contribution in [0.4, 0.5) is 0 Å². The van der Waals surface area contributed by atoms with Gasteiger partial charge < -0.3 is 0 Å². The molecule has 1 saturated carbocycles. The summed E-state index contributed by atoms with van der Waals surface area (Å²) in [6, 6.07) is 7.36. The summed E-state index contributed by atoms with van der Waals surface area (Å²) < 4.78 is 0. The van der Waals surface area contributed by atoms with Gasteiger partial charge >= 0.3 is 0 Å². The van der Waals surface area contributed by atoms with E-state index in [4.69, 9.17) is 0 Å². The number of hydrogen-bond donors (Lipinski definition) is 0. The lowest BCUT2D eigenvalue weighted by atomic mass is 9.63. The quantitative estimate of drug-likeness (QED) is 0.510. The summed E-state index contributed by atoms with van der Waals surface area (Å²) in [5, 5.41) is 0. The lowest BCUT2D eigenvalue weighted by Crippen LogP contribution is -2.33. The van der Waals surface area contributed by atoms with Crippen molar-refractivity contribution in [2.45, 2.75) is 77.6 Å². The van der Waals surface area contributed by atoms with Gasteiger partial charge in [0.2, 0.25) is 0 Å². The van der Waals surface area contributed by atoms with E-state index in [1.54, 1.807) is 16.7 Å². The lowest BCUT2D eigenvalue weighted by Gasteiger charge is -2.42. The maximum Gasteiger partial charge on any atom is -0.00927 e. The second-order valence-corrected chi connectivity index (χ2v) is 9.67. The zero-order valence-electron chi connectivity index (χ0n) is 16.9. The predicted octanol–water partition coefficient (Wildman–Crippen LogP) is 7.22. The monoisotopic (exact) mass is 334 g/mol. The molecular weight excluding hydrogens is 300 g/mol. The molecule has 2 aliphatic carbocycles. The van der Waals surface area contributed by atoms with Crippen LogP contribution in [0.5, 0.6) is 0 Å². The van der Waals surface area contributed by atoms with Crippen molar-refractivity contribution in [3.63, 3.8) is 0 Å². The predicted molar refractivity (Wildman–Crippen MR) is 110 cm³/mol. The fourth-order valence-corrected chi connectivity index (χ4v) is 4.36. The molecule has 0 amide bonds. The molecule has 0 radical (unpaired) electrons. The smallest absolute Gasteiger partial charge is 0.00927 e. The molecule has 0 aromatic heterocycles. The Kier molecular flexibility index (Phi) is 4.60. The molecule has 0 aliphatic heterocycles. The number of benzene rings is 1. The summed E-state index contributed by atoms with van der Waals surface area (Å²) in [6.45, 7) is 17.8. The van der Waals surface area contributed by atoms with Crippen molar-refractivity contribution < 1.29 is 0 Å². The Labute approximate surface area is 154 Å². The van der Waals surface area contributed by atoms with Gasteiger partial charge in [0, 0.05) is 0 Å². The molecule has 0 heterocycles. The van der Waals surface area contributed by atoms with E-state index in [0.717, 1.165) is 5.57 Å². The number of rotatable bonds is 4. The van der Waals surface area contributed by atoms with Crippen LogP contribution in [-0.2, 0) is 10.8 Å². The van der Waals surface area contributed by atoms with Gasteiger partial charge in [-0.15, -0.1) is 0 Å². The average molecular weight is 335 g/mol. The highest BCUT2D eigenvalue weighted by molar-refractivity contribution is 5.46. The Bertz CT molecular complexity index is 739. The van der Waals surface area contributed by atoms with Crippen LogP contribution in [0.15, 0.2) is 54.2 Å². The van der Waals surface area contributed by atoms with Gasteiger partial charge in [0.05, 0.1) is 0 Å². The van der Waals surface area contributed by atoms with Crippen LogP contribution in [0.2, 0.25) is 0 Å². The fourth-order valence-electron chi connectivity index (χ4n) is 4.36. The van der Waals surface area contributed by atoms with Crippen molar-refractivity contribution >= 4 is 0 Å². The van der Waals surface area contributed by atoms with Crippen molar-refractivity contribution in [3.05, 3.63) is 70.8 Å². The van der Waals surface area contributed by atoms with Gasteiger partial charge in [-0.2, -0.15) is 0 Å². The molecule has 0 N–H and O–H groups in total. The van der Waals surface area contributed by atoms with Crippen molar-refractivity contribution in [1.82, 2.24) is 0 Å². The number of allylic oxidation sites excluding steroid dienone is 5. The minimum absolute atomic E-state index is 0.307. The van der Waals surface area contributed by atoms with Gasteiger partial charge in [0.1, 0.15) is 0 Å². The standard InChI is InChI=1S/C25H34/c1-17(2)14-18(3)8-9-19-15-21(19)20-10-11-22-23(16-20)25(6,7)13-12-24(22,4)5/h8-11,14,16,19,21H,1,12-13,15H2,2-7H3/b9-8+,18-14+. The first-order valence-corrected chi connectivity index (χ1v) is 9.77. The molecule has 0 saturated heterocycles. The van der Waals surface area contributed by atoms with Crippen LogP contribution >= 0.6 is 0 Å². The highest BCUT2D eigenvalue weighted by Crippen LogP contribution is 2.52. The molecule has 2 unspecified atom stereocenters.